The molecule has 22 heavy (non-hydrogen) atoms. The number of benzene rings is 1. The van der Waals surface area contributed by atoms with E-state index in [1.165, 1.54) is 6.07 Å². The lowest BCUT2D eigenvalue weighted by atomic mass is 10.2. The highest BCUT2D eigenvalue weighted by atomic mass is 19.4. The van der Waals surface area contributed by atoms with Crippen molar-refractivity contribution in [3.05, 3.63) is 53.4 Å². The topological polar surface area (TPSA) is 46.3 Å². The van der Waals surface area contributed by atoms with Crippen molar-refractivity contribution in [3.63, 3.8) is 0 Å². The Morgan fingerprint density at radius 2 is 1.95 bits per heavy atom. The molecule has 1 heterocycles. The maximum Gasteiger partial charge on any atom is 0.390 e. The molecule has 0 atom stereocenters. The predicted molar refractivity (Wildman–Crippen MR) is 73.1 cm³/mol. The molecule has 0 saturated heterocycles. The van der Waals surface area contributed by atoms with Crippen LogP contribution in [0.1, 0.15) is 28.2 Å². The van der Waals surface area contributed by atoms with Crippen molar-refractivity contribution in [2.75, 3.05) is 6.54 Å². The number of aromatic nitrogens is 1. The Morgan fingerprint density at radius 1 is 1.27 bits per heavy atom. The minimum absolute atomic E-state index is 0.0596. The lowest BCUT2D eigenvalue weighted by Gasteiger charge is -2.22. The van der Waals surface area contributed by atoms with Gasteiger partial charge in [0.25, 0.3) is 5.91 Å². The summed E-state index contributed by atoms with van der Waals surface area (Å²) < 4.78 is 42.2. The highest BCUT2D eigenvalue weighted by Gasteiger charge is 2.30. The summed E-state index contributed by atoms with van der Waals surface area (Å²) in [6.07, 6.45) is -5.40. The second-order valence-corrected chi connectivity index (χ2v) is 4.91. The Labute approximate surface area is 125 Å². The molecule has 2 aromatic rings. The molecule has 0 unspecified atom stereocenters. The summed E-state index contributed by atoms with van der Waals surface area (Å²) in [5, 5.41) is 3.59. The number of carbonyl (C=O) groups excluding carboxylic acids is 1. The molecule has 7 heteroatoms. The van der Waals surface area contributed by atoms with Gasteiger partial charge >= 0.3 is 6.18 Å². The number of amides is 1. The average molecular weight is 312 g/mol. The largest absolute Gasteiger partial charge is 0.390 e. The molecule has 0 fully saturated rings. The van der Waals surface area contributed by atoms with Crippen LogP contribution in [-0.4, -0.2) is 28.7 Å². The SMILES string of the molecule is Cc1cc(C(=O)N(CCC(F)(F)F)Cc2ccccc2)on1. The highest BCUT2D eigenvalue weighted by molar-refractivity contribution is 5.91. The van der Waals surface area contributed by atoms with Gasteiger partial charge in [-0.25, -0.2) is 0 Å². The fourth-order valence-corrected chi connectivity index (χ4v) is 1.94. The third-order valence-corrected chi connectivity index (χ3v) is 3.01. The van der Waals surface area contributed by atoms with Crippen LogP contribution >= 0.6 is 0 Å². The summed E-state index contributed by atoms with van der Waals surface area (Å²) >= 11 is 0. The molecule has 1 aromatic carbocycles. The predicted octanol–water partition coefficient (Wildman–Crippen LogP) is 3.58. The summed E-state index contributed by atoms with van der Waals surface area (Å²) in [6.45, 7) is 1.28. The summed E-state index contributed by atoms with van der Waals surface area (Å²) in [6, 6.07) is 10.2. The molecular weight excluding hydrogens is 297 g/mol. The van der Waals surface area contributed by atoms with Gasteiger partial charge in [0.1, 0.15) is 0 Å². The quantitative estimate of drug-likeness (QED) is 0.848. The number of rotatable bonds is 5. The fourth-order valence-electron chi connectivity index (χ4n) is 1.94. The first-order chi connectivity index (χ1) is 10.3. The summed E-state index contributed by atoms with van der Waals surface area (Å²) in [7, 11) is 0. The van der Waals surface area contributed by atoms with Gasteiger partial charge in [-0.05, 0) is 12.5 Å². The summed E-state index contributed by atoms with van der Waals surface area (Å²) in [5.41, 5.74) is 1.24. The Kier molecular flexibility index (Phi) is 4.85. The average Bonchev–Trinajstić information content (AvgIpc) is 2.89. The maximum absolute atomic E-state index is 12.5. The zero-order valence-corrected chi connectivity index (χ0v) is 11.9. The van der Waals surface area contributed by atoms with E-state index >= 15 is 0 Å². The number of hydrogen-bond donors (Lipinski definition) is 0. The van der Waals surface area contributed by atoms with Crippen molar-refractivity contribution in [2.45, 2.75) is 26.1 Å². The molecule has 0 saturated carbocycles. The minimum atomic E-state index is -4.33. The minimum Gasteiger partial charge on any atom is -0.351 e. The molecule has 0 aliphatic carbocycles. The van der Waals surface area contributed by atoms with E-state index in [4.69, 9.17) is 4.52 Å². The monoisotopic (exact) mass is 312 g/mol. The molecule has 1 aromatic heterocycles. The van der Waals surface area contributed by atoms with E-state index in [0.29, 0.717) is 5.69 Å². The number of aryl methyl sites for hydroxylation is 1. The van der Waals surface area contributed by atoms with E-state index < -0.39 is 25.0 Å². The van der Waals surface area contributed by atoms with Gasteiger partial charge in [0.15, 0.2) is 0 Å². The third-order valence-electron chi connectivity index (χ3n) is 3.01. The van der Waals surface area contributed by atoms with Gasteiger partial charge in [-0.15, -0.1) is 0 Å². The van der Waals surface area contributed by atoms with Crippen LogP contribution in [0.25, 0.3) is 0 Å². The number of carbonyl (C=O) groups is 1. The van der Waals surface area contributed by atoms with Crippen molar-refractivity contribution in [1.82, 2.24) is 10.1 Å². The van der Waals surface area contributed by atoms with Crippen LogP contribution in [0.2, 0.25) is 0 Å². The molecule has 0 aliphatic rings. The van der Waals surface area contributed by atoms with E-state index in [1.54, 1.807) is 37.3 Å². The molecule has 2 rings (SSSR count). The van der Waals surface area contributed by atoms with Gasteiger partial charge in [0.2, 0.25) is 5.76 Å². The molecule has 0 radical (unpaired) electrons. The highest BCUT2D eigenvalue weighted by Crippen LogP contribution is 2.21. The zero-order chi connectivity index (χ0) is 16.2. The van der Waals surface area contributed by atoms with Crippen LogP contribution in [0, 0.1) is 6.92 Å². The maximum atomic E-state index is 12.5. The van der Waals surface area contributed by atoms with Crippen LogP contribution in [-0.2, 0) is 6.54 Å². The normalized spacial score (nSPS) is 11.5. The van der Waals surface area contributed by atoms with Crippen LogP contribution < -0.4 is 0 Å². The molecule has 0 spiro atoms. The van der Waals surface area contributed by atoms with Gasteiger partial charge in [-0.3, -0.25) is 4.79 Å². The summed E-state index contributed by atoms with van der Waals surface area (Å²) in [4.78, 5) is 13.4. The number of alkyl halides is 3. The van der Waals surface area contributed by atoms with E-state index in [-0.39, 0.29) is 12.3 Å². The van der Waals surface area contributed by atoms with Gasteiger partial charge < -0.3 is 9.42 Å². The van der Waals surface area contributed by atoms with Crippen LogP contribution in [0.15, 0.2) is 40.9 Å². The smallest absolute Gasteiger partial charge is 0.351 e. The Bertz CT molecular complexity index is 623. The third kappa shape index (κ3) is 4.61. The van der Waals surface area contributed by atoms with E-state index in [0.717, 1.165) is 10.5 Å². The van der Waals surface area contributed by atoms with E-state index in [1.807, 2.05) is 0 Å². The fraction of sp³-hybridized carbons (Fsp3) is 0.333. The molecule has 0 N–H and O–H groups in total. The Morgan fingerprint density at radius 3 is 2.50 bits per heavy atom. The standard InChI is InChI=1S/C15H15F3N2O2/c1-11-9-13(22-19-11)14(21)20(8-7-15(16,17)18)10-12-5-3-2-4-6-12/h2-6,9H,7-8,10H2,1H3. The molecule has 0 aliphatic heterocycles. The first-order valence-electron chi connectivity index (χ1n) is 6.68. The first-order valence-corrected chi connectivity index (χ1v) is 6.68. The lowest BCUT2D eigenvalue weighted by Crippen LogP contribution is -2.33. The second-order valence-electron chi connectivity index (χ2n) is 4.91. The van der Waals surface area contributed by atoms with Crippen molar-refractivity contribution in [1.29, 1.82) is 0 Å². The number of nitrogens with zero attached hydrogens (tertiary/aromatic N) is 2. The van der Waals surface area contributed by atoms with Crippen molar-refractivity contribution in [3.8, 4) is 0 Å². The summed E-state index contributed by atoms with van der Waals surface area (Å²) in [5.74, 6) is -0.663. The Balaban J connectivity index is 2.15. The molecule has 0 bridgehead atoms. The van der Waals surface area contributed by atoms with Crippen LogP contribution in [0.3, 0.4) is 0 Å². The van der Waals surface area contributed by atoms with Crippen LogP contribution in [0.4, 0.5) is 13.2 Å². The second kappa shape index (κ2) is 6.64. The van der Waals surface area contributed by atoms with Gasteiger partial charge in [-0.2, -0.15) is 13.2 Å². The zero-order valence-electron chi connectivity index (χ0n) is 11.9. The Hall–Kier alpha value is -2.31. The van der Waals surface area contributed by atoms with Crippen molar-refractivity contribution in [2.24, 2.45) is 0 Å². The van der Waals surface area contributed by atoms with E-state index in [9.17, 15) is 18.0 Å². The molecule has 1 amide bonds. The van der Waals surface area contributed by atoms with E-state index in [2.05, 4.69) is 5.16 Å². The number of hydrogen-bond acceptors (Lipinski definition) is 3. The first kappa shape index (κ1) is 16.1. The van der Waals surface area contributed by atoms with Gasteiger partial charge in [0, 0.05) is 19.2 Å². The molecular formula is C15H15F3N2O2. The van der Waals surface area contributed by atoms with Gasteiger partial charge in [-0.1, -0.05) is 35.5 Å². The van der Waals surface area contributed by atoms with Crippen molar-refractivity contribution < 1.29 is 22.5 Å². The lowest BCUT2D eigenvalue weighted by molar-refractivity contribution is -0.136. The van der Waals surface area contributed by atoms with Gasteiger partial charge in [0.05, 0.1) is 12.1 Å². The number of halogens is 3. The molecule has 4 nitrogen and oxygen atoms in total. The van der Waals surface area contributed by atoms with Crippen molar-refractivity contribution >= 4 is 5.91 Å². The van der Waals surface area contributed by atoms with Crippen LogP contribution in [0.5, 0.6) is 0 Å². The molecule has 118 valence electrons.